The van der Waals surface area contributed by atoms with Crippen LogP contribution in [0.1, 0.15) is 17.4 Å². The molecule has 1 heterocycles. The summed E-state index contributed by atoms with van der Waals surface area (Å²) in [5.74, 6) is -0.880. The number of benzene rings is 1. The number of carbonyl (C=O) groups is 1. The number of esters is 1. The molecule has 0 aliphatic carbocycles. The molecule has 0 spiro atoms. The fourth-order valence-corrected chi connectivity index (χ4v) is 1.73. The van der Waals surface area contributed by atoms with Crippen LogP contribution in [0.4, 0.5) is 13.2 Å². The zero-order valence-corrected chi connectivity index (χ0v) is 12.4. The van der Waals surface area contributed by atoms with E-state index in [1.54, 1.807) is 6.92 Å². The van der Waals surface area contributed by atoms with Crippen molar-refractivity contribution in [3.63, 3.8) is 0 Å². The number of hydrogen-bond acceptors (Lipinski definition) is 5. The average molecular weight is 343 g/mol. The predicted molar refractivity (Wildman–Crippen MR) is 74.6 cm³/mol. The van der Waals surface area contributed by atoms with Crippen molar-refractivity contribution >= 4 is 5.97 Å². The standard InChI is InChI=1S/C15H12F3NO5/c1-2-22-14(20)13-8-7-12(9-19(13)21)23-10-3-5-11(6-4-10)24-15(16,17)18/h3-9H,2H2,1H3. The lowest BCUT2D eigenvalue weighted by molar-refractivity contribution is -0.608. The van der Waals surface area contributed by atoms with Gasteiger partial charge >= 0.3 is 18.0 Å². The molecular weight excluding hydrogens is 331 g/mol. The molecule has 2 rings (SSSR count). The van der Waals surface area contributed by atoms with E-state index in [1.165, 1.54) is 24.3 Å². The number of carbonyl (C=O) groups excluding carboxylic acids is 1. The molecule has 0 fully saturated rings. The van der Waals surface area contributed by atoms with Crippen LogP contribution in [0.3, 0.4) is 0 Å². The van der Waals surface area contributed by atoms with Gasteiger partial charge in [0.15, 0.2) is 5.75 Å². The van der Waals surface area contributed by atoms with E-state index < -0.39 is 18.1 Å². The quantitative estimate of drug-likeness (QED) is 0.474. The molecule has 2 aromatic rings. The van der Waals surface area contributed by atoms with E-state index in [9.17, 15) is 23.2 Å². The minimum Gasteiger partial charge on any atom is -0.618 e. The van der Waals surface area contributed by atoms with Gasteiger partial charge < -0.3 is 19.4 Å². The van der Waals surface area contributed by atoms with Crippen molar-refractivity contribution in [1.82, 2.24) is 0 Å². The number of nitrogens with zero attached hydrogens (tertiary/aromatic N) is 1. The smallest absolute Gasteiger partial charge is 0.573 e. The molecule has 0 atom stereocenters. The maximum Gasteiger partial charge on any atom is 0.573 e. The summed E-state index contributed by atoms with van der Waals surface area (Å²) in [6, 6.07) is 7.22. The summed E-state index contributed by atoms with van der Waals surface area (Å²) in [6.07, 6.45) is -3.77. The van der Waals surface area contributed by atoms with Crippen LogP contribution in [0, 0.1) is 5.21 Å². The Morgan fingerprint density at radius 2 is 1.67 bits per heavy atom. The van der Waals surface area contributed by atoms with Gasteiger partial charge in [-0.1, -0.05) is 0 Å². The number of rotatable bonds is 5. The van der Waals surface area contributed by atoms with Gasteiger partial charge in [0.1, 0.15) is 11.5 Å². The molecule has 0 amide bonds. The number of aromatic nitrogens is 1. The van der Waals surface area contributed by atoms with Crippen LogP contribution >= 0.6 is 0 Å². The van der Waals surface area contributed by atoms with E-state index in [1.807, 2.05) is 0 Å². The van der Waals surface area contributed by atoms with Crippen molar-refractivity contribution in [1.29, 1.82) is 0 Å². The zero-order valence-electron chi connectivity index (χ0n) is 12.4. The Morgan fingerprint density at radius 1 is 1.08 bits per heavy atom. The van der Waals surface area contributed by atoms with Gasteiger partial charge in [-0.15, -0.1) is 13.2 Å². The highest BCUT2D eigenvalue weighted by atomic mass is 19.4. The minimum absolute atomic E-state index is 0.0996. The number of hydrogen-bond donors (Lipinski definition) is 0. The monoisotopic (exact) mass is 343 g/mol. The molecule has 0 saturated carbocycles. The van der Waals surface area contributed by atoms with E-state index in [2.05, 4.69) is 4.74 Å². The van der Waals surface area contributed by atoms with E-state index >= 15 is 0 Å². The van der Waals surface area contributed by atoms with E-state index in [-0.39, 0.29) is 28.5 Å². The van der Waals surface area contributed by atoms with Crippen LogP contribution in [-0.4, -0.2) is 18.9 Å². The Bertz CT molecular complexity index is 716. The van der Waals surface area contributed by atoms with Crippen molar-refractivity contribution in [2.45, 2.75) is 13.3 Å². The largest absolute Gasteiger partial charge is 0.618 e. The predicted octanol–water partition coefficient (Wildman–Crippen LogP) is 3.19. The van der Waals surface area contributed by atoms with Crippen LogP contribution in [0.25, 0.3) is 0 Å². The molecular formula is C15H12F3NO5. The molecule has 1 aromatic carbocycles. The summed E-state index contributed by atoms with van der Waals surface area (Å²) in [5, 5.41) is 11.7. The first kappa shape index (κ1) is 17.4. The Hall–Kier alpha value is -2.97. The van der Waals surface area contributed by atoms with Gasteiger partial charge in [0.25, 0.3) is 0 Å². The number of pyridine rings is 1. The highest BCUT2D eigenvalue weighted by Gasteiger charge is 2.31. The van der Waals surface area contributed by atoms with Gasteiger partial charge in [-0.05, 0) is 37.3 Å². The fraction of sp³-hybridized carbons (Fsp3) is 0.200. The van der Waals surface area contributed by atoms with Gasteiger partial charge in [-0.3, -0.25) is 0 Å². The molecule has 24 heavy (non-hydrogen) atoms. The molecule has 0 aliphatic heterocycles. The Balaban J connectivity index is 2.08. The minimum atomic E-state index is -4.78. The van der Waals surface area contributed by atoms with Crippen LogP contribution < -0.4 is 14.2 Å². The summed E-state index contributed by atoms with van der Waals surface area (Å²) in [6.45, 7) is 1.74. The third kappa shape index (κ3) is 4.77. The van der Waals surface area contributed by atoms with E-state index in [0.29, 0.717) is 0 Å². The summed E-state index contributed by atoms with van der Waals surface area (Å²) in [7, 11) is 0. The number of halogens is 3. The summed E-state index contributed by atoms with van der Waals surface area (Å²) >= 11 is 0. The van der Waals surface area contributed by atoms with Gasteiger partial charge in [0, 0.05) is 6.07 Å². The van der Waals surface area contributed by atoms with Crippen LogP contribution in [0.15, 0.2) is 42.6 Å². The molecule has 0 unspecified atom stereocenters. The van der Waals surface area contributed by atoms with Gasteiger partial charge in [-0.25, -0.2) is 4.79 Å². The van der Waals surface area contributed by atoms with Crippen molar-refractivity contribution in [3.8, 4) is 17.2 Å². The molecule has 0 N–H and O–H groups in total. The van der Waals surface area contributed by atoms with Crippen LogP contribution in [0.2, 0.25) is 0 Å². The molecule has 9 heteroatoms. The van der Waals surface area contributed by atoms with Crippen molar-refractivity contribution in [3.05, 3.63) is 53.5 Å². The fourth-order valence-electron chi connectivity index (χ4n) is 1.73. The molecule has 0 bridgehead atoms. The Morgan fingerprint density at radius 3 is 2.21 bits per heavy atom. The summed E-state index contributed by atoms with van der Waals surface area (Å²) in [5.41, 5.74) is -0.210. The number of ether oxygens (including phenoxy) is 3. The molecule has 128 valence electrons. The maximum atomic E-state index is 12.1. The second-order valence-corrected chi connectivity index (χ2v) is 4.42. The number of alkyl halides is 3. The highest BCUT2D eigenvalue weighted by molar-refractivity contribution is 5.85. The Kier molecular flexibility index (Phi) is 5.12. The van der Waals surface area contributed by atoms with Gasteiger partial charge in [0.2, 0.25) is 6.20 Å². The Labute approximate surface area is 134 Å². The van der Waals surface area contributed by atoms with Gasteiger partial charge in [-0.2, -0.15) is 4.73 Å². The second kappa shape index (κ2) is 7.07. The van der Waals surface area contributed by atoms with E-state index in [0.717, 1.165) is 18.3 Å². The molecule has 1 aromatic heterocycles. The van der Waals surface area contributed by atoms with Crippen molar-refractivity contribution in [2.75, 3.05) is 6.61 Å². The SMILES string of the molecule is CCOC(=O)c1ccc(Oc2ccc(OC(F)(F)F)cc2)c[n+]1[O-]. The second-order valence-electron chi connectivity index (χ2n) is 4.42. The van der Waals surface area contributed by atoms with Gasteiger partial charge in [0.05, 0.1) is 6.61 Å². The first-order valence-corrected chi connectivity index (χ1v) is 6.72. The lowest BCUT2D eigenvalue weighted by Crippen LogP contribution is -2.34. The molecule has 0 saturated heterocycles. The topological polar surface area (TPSA) is 71.7 Å². The first-order chi connectivity index (χ1) is 11.3. The lowest BCUT2D eigenvalue weighted by Gasteiger charge is -2.10. The highest BCUT2D eigenvalue weighted by Crippen LogP contribution is 2.26. The van der Waals surface area contributed by atoms with Crippen LogP contribution in [-0.2, 0) is 4.74 Å². The third-order valence-corrected chi connectivity index (χ3v) is 2.66. The van der Waals surface area contributed by atoms with E-state index in [4.69, 9.17) is 9.47 Å². The lowest BCUT2D eigenvalue weighted by atomic mass is 10.3. The van der Waals surface area contributed by atoms with Crippen LogP contribution in [0.5, 0.6) is 17.2 Å². The van der Waals surface area contributed by atoms with Crippen molar-refractivity contribution < 1.29 is 36.9 Å². The first-order valence-electron chi connectivity index (χ1n) is 6.72. The zero-order chi connectivity index (χ0) is 17.7. The summed E-state index contributed by atoms with van der Waals surface area (Å²) in [4.78, 5) is 11.5. The molecule has 0 aliphatic rings. The third-order valence-electron chi connectivity index (χ3n) is 2.66. The normalized spacial score (nSPS) is 11.0. The summed E-state index contributed by atoms with van der Waals surface area (Å²) < 4.78 is 50.2. The van der Waals surface area contributed by atoms with Crippen molar-refractivity contribution in [2.24, 2.45) is 0 Å². The maximum absolute atomic E-state index is 12.1. The molecule has 6 nitrogen and oxygen atoms in total. The molecule has 0 radical (unpaired) electrons. The average Bonchev–Trinajstić information content (AvgIpc) is 2.48.